The Balaban J connectivity index is 1.87. The zero-order chi connectivity index (χ0) is 18.6. The monoisotopic (exact) mass is 360 g/mol. The van der Waals surface area contributed by atoms with Crippen molar-refractivity contribution >= 4 is 11.4 Å². The van der Waals surface area contributed by atoms with E-state index in [1.54, 1.807) is 0 Å². The lowest BCUT2D eigenvalue weighted by atomic mass is 10.3. The van der Waals surface area contributed by atoms with Crippen LogP contribution in [0.4, 0.5) is 28.9 Å². The number of ether oxygens (including phenoxy) is 2. The van der Waals surface area contributed by atoms with Gasteiger partial charge in [0.15, 0.2) is 0 Å². The van der Waals surface area contributed by atoms with E-state index in [2.05, 4.69) is 9.47 Å². The van der Waals surface area contributed by atoms with Crippen LogP contribution in [0.3, 0.4) is 0 Å². The molecule has 0 saturated heterocycles. The molecule has 10 heteroatoms. The van der Waals surface area contributed by atoms with E-state index >= 15 is 0 Å². The van der Waals surface area contributed by atoms with E-state index in [0.29, 0.717) is 0 Å². The highest BCUT2D eigenvalue weighted by atomic mass is 19.3. The van der Waals surface area contributed by atoms with Crippen LogP contribution >= 0.6 is 0 Å². The van der Waals surface area contributed by atoms with Crippen LogP contribution in [0.5, 0.6) is 23.0 Å². The summed E-state index contributed by atoms with van der Waals surface area (Å²) in [6.07, 6.45) is 0. The van der Waals surface area contributed by atoms with Crippen molar-refractivity contribution in [3.05, 3.63) is 36.4 Å². The van der Waals surface area contributed by atoms with Gasteiger partial charge in [-0.15, -0.1) is 0 Å². The van der Waals surface area contributed by atoms with Crippen LogP contribution in [0, 0.1) is 0 Å². The van der Waals surface area contributed by atoms with E-state index in [4.69, 9.17) is 11.5 Å². The molecule has 3 rings (SSSR count). The second kappa shape index (κ2) is 4.98. The number of hydrogen-bond acceptors (Lipinski definition) is 6. The van der Waals surface area contributed by atoms with Crippen molar-refractivity contribution in [1.82, 2.24) is 0 Å². The average molecular weight is 360 g/mol. The van der Waals surface area contributed by atoms with Gasteiger partial charge in [0.2, 0.25) is 0 Å². The molecule has 0 radical (unpaired) electrons. The normalized spacial score (nSPS) is 26.9. The average Bonchev–Trinajstić information content (AvgIpc) is 2.85. The lowest BCUT2D eigenvalue weighted by Crippen LogP contribution is -2.28. The highest BCUT2D eigenvalue weighted by molar-refractivity contribution is 5.56. The number of hydrogen-bond donors (Lipinski definition) is 4. The molecule has 0 bridgehead atoms. The van der Waals surface area contributed by atoms with Crippen LogP contribution in [0.15, 0.2) is 36.4 Å². The summed E-state index contributed by atoms with van der Waals surface area (Å²) < 4.78 is 65.2. The van der Waals surface area contributed by atoms with Gasteiger partial charge in [0.05, 0.1) is 11.4 Å². The van der Waals surface area contributed by atoms with Gasteiger partial charge in [-0.05, 0) is 24.3 Å². The van der Waals surface area contributed by atoms with Crippen LogP contribution in [0.2, 0.25) is 0 Å². The molecule has 25 heavy (non-hydrogen) atoms. The molecule has 1 fully saturated rings. The maximum Gasteiger partial charge on any atom is 0.399 e. The number of halogens is 4. The maximum atomic E-state index is 14.4. The second-order valence-corrected chi connectivity index (χ2v) is 5.41. The van der Waals surface area contributed by atoms with E-state index in [9.17, 15) is 27.8 Å². The molecule has 2 atom stereocenters. The van der Waals surface area contributed by atoms with Crippen molar-refractivity contribution in [2.45, 2.75) is 17.6 Å². The first kappa shape index (κ1) is 16.8. The number of anilines is 2. The highest BCUT2D eigenvalue weighted by Crippen LogP contribution is 2.67. The lowest BCUT2D eigenvalue weighted by molar-refractivity contribution is -0.0982. The summed E-state index contributed by atoms with van der Waals surface area (Å²) in [5, 5.41) is 18.8. The van der Waals surface area contributed by atoms with Gasteiger partial charge >= 0.3 is 17.6 Å². The molecule has 2 aromatic carbocycles. The third-order valence-electron chi connectivity index (χ3n) is 3.68. The minimum atomic E-state index is -4.66. The van der Waals surface area contributed by atoms with Crippen LogP contribution in [0.25, 0.3) is 0 Å². The molecule has 2 unspecified atom stereocenters. The quantitative estimate of drug-likeness (QED) is 0.379. The fourth-order valence-corrected chi connectivity index (χ4v) is 2.13. The number of benzene rings is 2. The SMILES string of the molecule is Nc1ccc(OC2(F)C(F)(F)C2(F)Oc2ccc(N)c(O)c2)cc1O. The molecule has 1 aliphatic rings. The second-order valence-electron chi connectivity index (χ2n) is 5.41. The van der Waals surface area contributed by atoms with E-state index in [1.165, 1.54) is 0 Å². The van der Waals surface area contributed by atoms with Gasteiger partial charge in [0.1, 0.15) is 23.0 Å². The maximum absolute atomic E-state index is 14.4. The molecule has 0 amide bonds. The number of aromatic hydroxyl groups is 2. The molecule has 134 valence electrons. The molecule has 1 aliphatic carbocycles. The summed E-state index contributed by atoms with van der Waals surface area (Å²) in [6, 6.07) is 5.57. The van der Waals surface area contributed by atoms with Crippen LogP contribution in [0.1, 0.15) is 0 Å². The zero-order valence-electron chi connectivity index (χ0n) is 12.3. The molecule has 0 aliphatic heterocycles. The Morgan fingerprint density at radius 2 is 1.08 bits per heavy atom. The minimum Gasteiger partial charge on any atom is -0.506 e. The van der Waals surface area contributed by atoms with E-state index in [1.807, 2.05) is 0 Å². The van der Waals surface area contributed by atoms with Gasteiger partial charge in [0.25, 0.3) is 0 Å². The fraction of sp³-hybridized carbons (Fsp3) is 0.200. The Hall–Kier alpha value is -3.04. The van der Waals surface area contributed by atoms with E-state index < -0.39 is 40.6 Å². The first-order valence-corrected chi connectivity index (χ1v) is 6.82. The van der Waals surface area contributed by atoms with Crippen molar-refractivity contribution in [2.75, 3.05) is 11.5 Å². The summed E-state index contributed by atoms with van der Waals surface area (Å²) in [7, 11) is 0. The molecule has 2 aromatic rings. The Morgan fingerprint density at radius 3 is 1.40 bits per heavy atom. The lowest BCUT2D eigenvalue weighted by Gasteiger charge is -2.14. The van der Waals surface area contributed by atoms with Gasteiger partial charge in [-0.1, -0.05) is 0 Å². The van der Waals surface area contributed by atoms with Gasteiger partial charge in [-0.25, -0.2) is 0 Å². The van der Waals surface area contributed by atoms with Crippen LogP contribution < -0.4 is 20.9 Å². The summed E-state index contributed by atoms with van der Waals surface area (Å²) >= 11 is 0. The van der Waals surface area contributed by atoms with Crippen molar-refractivity contribution in [2.24, 2.45) is 0 Å². The standard InChI is InChI=1S/C15H12F4N2O4/c16-13(17)14(18,24-7-1-3-9(20)11(22)5-7)15(13,19)25-8-2-4-10(21)12(23)6-8/h1-6,22-23H,20-21H2. The first-order chi connectivity index (χ1) is 11.5. The predicted molar refractivity (Wildman–Crippen MR) is 78.9 cm³/mol. The molecular weight excluding hydrogens is 348 g/mol. The summed E-state index contributed by atoms with van der Waals surface area (Å²) in [6.45, 7) is 0. The van der Waals surface area contributed by atoms with Crippen molar-refractivity contribution in [1.29, 1.82) is 0 Å². The number of rotatable bonds is 4. The first-order valence-electron chi connectivity index (χ1n) is 6.82. The van der Waals surface area contributed by atoms with E-state index in [-0.39, 0.29) is 11.4 Å². The molecule has 0 spiro atoms. The largest absolute Gasteiger partial charge is 0.506 e. The van der Waals surface area contributed by atoms with Crippen LogP contribution in [-0.4, -0.2) is 27.8 Å². The Kier molecular flexibility index (Phi) is 3.35. The molecular formula is C15H12F4N2O4. The van der Waals surface area contributed by atoms with Crippen molar-refractivity contribution in [3.63, 3.8) is 0 Å². The third-order valence-corrected chi connectivity index (χ3v) is 3.68. The zero-order valence-corrected chi connectivity index (χ0v) is 12.3. The number of nitrogen functional groups attached to an aromatic ring is 2. The summed E-state index contributed by atoms with van der Waals surface area (Å²) in [5.74, 6) is -15.3. The van der Waals surface area contributed by atoms with Gasteiger partial charge < -0.3 is 31.2 Å². The van der Waals surface area contributed by atoms with Gasteiger partial charge in [-0.2, -0.15) is 17.6 Å². The van der Waals surface area contributed by atoms with E-state index in [0.717, 1.165) is 36.4 Å². The molecule has 1 saturated carbocycles. The summed E-state index contributed by atoms with van der Waals surface area (Å²) in [4.78, 5) is 0. The topological polar surface area (TPSA) is 111 Å². The number of phenolic OH excluding ortho intramolecular Hbond substituents is 2. The third kappa shape index (κ3) is 2.24. The predicted octanol–water partition coefficient (Wildman–Crippen LogP) is 2.70. The molecule has 0 heterocycles. The van der Waals surface area contributed by atoms with Crippen molar-refractivity contribution in [3.8, 4) is 23.0 Å². The molecule has 6 N–H and O–H groups in total. The molecule has 0 aromatic heterocycles. The Bertz CT molecular complexity index is 783. The van der Waals surface area contributed by atoms with Crippen molar-refractivity contribution < 1.29 is 37.2 Å². The van der Waals surface area contributed by atoms with Gasteiger partial charge in [-0.3, -0.25) is 0 Å². The smallest absolute Gasteiger partial charge is 0.399 e. The number of alkyl halides is 4. The molecule has 6 nitrogen and oxygen atoms in total. The fourth-order valence-electron chi connectivity index (χ4n) is 2.13. The van der Waals surface area contributed by atoms with Crippen LogP contribution in [-0.2, 0) is 0 Å². The summed E-state index contributed by atoms with van der Waals surface area (Å²) in [5.41, 5.74) is 10.4. The number of nitrogens with two attached hydrogens (primary N) is 2. The highest BCUT2D eigenvalue weighted by Gasteiger charge is 3.03. The minimum absolute atomic E-state index is 0.108. The van der Waals surface area contributed by atoms with Gasteiger partial charge in [0, 0.05) is 12.1 Å². The Labute approximate surface area is 138 Å². The Morgan fingerprint density at radius 1 is 0.720 bits per heavy atom. The number of phenols is 2.